The Balaban J connectivity index is 1.07. The lowest BCUT2D eigenvalue weighted by molar-refractivity contribution is -0.0590. The third-order valence-electron chi connectivity index (χ3n) is 9.01. The molecule has 2 aromatic carbocycles. The molecule has 1 saturated carbocycles. The number of nitrogens with zero attached hydrogens (tertiary/aromatic N) is 5. The largest absolute Gasteiger partial charge is 0.465 e. The molecule has 3 fully saturated rings. The van der Waals surface area contributed by atoms with Crippen LogP contribution in [-0.2, 0) is 22.6 Å². The summed E-state index contributed by atoms with van der Waals surface area (Å²) in [6.45, 7) is 2.58. The first-order valence-electron chi connectivity index (χ1n) is 14.4. The number of halogens is 3. The maximum Gasteiger partial charge on any atom is 0.337 e. The summed E-state index contributed by atoms with van der Waals surface area (Å²) in [4.78, 5) is 27.4. The van der Waals surface area contributed by atoms with Gasteiger partial charge in [0.05, 0.1) is 42.6 Å². The topological polar surface area (TPSA) is 91.6 Å². The number of hydrogen-bond acceptors (Lipinski definition) is 8. The Labute approximate surface area is 251 Å². The predicted molar refractivity (Wildman–Crippen MR) is 154 cm³/mol. The molecule has 0 bridgehead atoms. The molecule has 0 amide bonds. The van der Waals surface area contributed by atoms with E-state index in [1.54, 1.807) is 12.1 Å². The summed E-state index contributed by atoms with van der Waals surface area (Å²) in [5, 5.41) is 0.291. The number of methoxy groups -OCH3 is 1. The second-order valence-electron chi connectivity index (χ2n) is 11.5. The Bertz CT molecular complexity index is 1700. The van der Waals surface area contributed by atoms with E-state index >= 15 is 0 Å². The van der Waals surface area contributed by atoms with E-state index in [9.17, 15) is 13.6 Å². The third kappa shape index (κ3) is 5.29. The minimum atomic E-state index is -0.531. The smallest absolute Gasteiger partial charge is 0.337 e. The van der Waals surface area contributed by atoms with Gasteiger partial charge in [-0.3, -0.25) is 0 Å². The van der Waals surface area contributed by atoms with Crippen molar-refractivity contribution in [2.75, 3.05) is 31.7 Å². The molecule has 9 nitrogen and oxygen atoms in total. The zero-order valence-corrected chi connectivity index (χ0v) is 24.3. The van der Waals surface area contributed by atoms with E-state index in [2.05, 4.69) is 14.5 Å². The lowest BCUT2D eigenvalue weighted by Crippen LogP contribution is -2.36. The fourth-order valence-corrected chi connectivity index (χ4v) is 6.48. The van der Waals surface area contributed by atoms with Crippen LogP contribution in [0.15, 0.2) is 42.6 Å². The number of ether oxygens (including phenoxy) is 3. The van der Waals surface area contributed by atoms with Crippen molar-refractivity contribution in [3.05, 3.63) is 76.2 Å². The average Bonchev–Trinajstić information content (AvgIpc) is 3.55. The summed E-state index contributed by atoms with van der Waals surface area (Å²) in [6, 6.07) is 9.77. The number of anilines is 1. The summed E-state index contributed by atoms with van der Waals surface area (Å²) in [6.07, 6.45) is 4.90. The first-order valence-corrected chi connectivity index (χ1v) is 14.8. The number of aromatic nitrogens is 4. The number of fused-ring (bicyclic) bond motifs is 1. The van der Waals surface area contributed by atoms with Crippen molar-refractivity contribution in [1.29, 1.82) is 0 Å². The molecule has 43 heavy (non-hydrogen) atoms. The standard InChI is InChI=1S/C31H30ClF2N5O4/c1-41-29(40)18-3-5-25-26(12-18)39(16-21-6-11-42-21)27(36-25)22-14-31(22)7-9-38(10-8-31)28-24(34)15-35-30(37-28)43-17-19-2-4-20(32)13-23(19)33/h2-5,12-13,15,21-22H,6-11,14,16-17H2,1H3/t21-,22?/m0/s1. The van der Waals surface area contributed by atoms with Crippen LogP contribution in [0.4, 0.5) is 14.6 Å². The highest BCUT2D eigenvalue weighted by Crippen LogP contribution is 2.65. The molecule has 3 aliphatic rings. The van der Waals surface area contributed by atoms with Crippen LogP contribution in [-0.4, -0.2) is 58.4 Å². The maximum absolute atomic E-state index is 14.9. The number of piperidine rings is 1. The van der Waals surface area contributed by atoms with Gasteiger partial charge in [0, 0.05) is 36.2 Å². The third-order valence-corrected chi connectivity index (χ3v) is 9.25. The van der Waals surface area contributed by atoms with E-state index in [1.165, 1.54) is 19.2 Å². The van der Waals surface area contributed by atoms with Crippen molar-refractivity contribution >= 4 is 34.4 Å². The van der Waals surface area contributed by atoms with E-state index < -0.39 is 11.6 Å². The first kappa shape index (κ1) is 28.0. The van der Waals surface area contributed by atoms with Crippen molar-refractivity contribution in [3.8, 4) is 6.01 Å². The van der Waals surface area contributed by atoms with Crippen LogP contribution < -0.4 is 9.64 Å². The normalized spacial score (nSPS) is 20.7. The van der Waals surface area contributed by atoms with Crippen molar-refractivity contribution in [2.45, 2.75) is 50.9 Å². The molecule has 1 spiro atoms. The number of carbonyl (C=O) groups is 1. The highest BCUT2D eigenvalue weighted by Gasteiger charge is 2.57. The minimum Gasteiger partial charge on any atom is -0.465 e. The fraction of sp³-hybridized carbons (Fsp3) is 0.419. The molecular weight excluding hydrogens is 580 g/mol. The molecule has 7 rings (SSSR count). The van der Waals surface area contributed by atoms with Crippen LogP contribution in [0.2, 0.25) is 5.02 Å². The van der Waals surface area contributed by atoms with Crippen LogP contribution in [0.25, 0.3) is 11.0 Å². The number of benzene rings is 2. The molecule has 1 aliphatic carbocycles. The number of imidazole rings is 1. The van der Waals surface area contributed by atoms with Gasteiger partial charge in [0.1, 0.15) is 18.2 Å². The second kappa shape index (κ2) is 11.0. The Kier molecular flexibility index (Phi) is 7.17. The zero-order valence-electron chi connectivity index (χ0n) is 23.6. The first-order chi connectivity index (χ1) is 20.8. The van der Waals surface area contributed by atoms with E-state index in [1.807, 2.05) is 17.0 Å². The van der Waals surface area contributed by atoms with Crippen LogP contribution >= 0.6 is 11.6 Å². The second-order valence-corrected chi connectivity index (χ2v) is 11.9. The Hall–Kier alpha value is -3.83. The molecule has 0 radical (unpaired) electrons. The number of hydrogen-bond donors (Lipinski definition) is 0. The highest BCUT2D eigenvalue weighted by molar-refractivity contribution is 6.30. The molecule has 224 valence electrons. The van der Waals surface area contributed by atoms with E-state index in [4.69, 9.17) is 30.8 Å². The molecular formula is C31H30ClF2N5O4. The average molecular weight is 610 g/mol. The summed E-state index contributed by atoms with van der Waals surface area (Å²) < 4.78 is 47.5. The minimum absolute atomic E-state index is 0.0198. The van der Waals surface area contributed by atoms with Crippen molar-refractivity contribution in [2.24, 2.45) is 5.41 Å². The zero-order chi connectivity index (χ0) is 29.7. The van der Waals surface area contributed by atoms with E-state index in [0.717, 1.165) is 55.3 Å². The lowest BCUT2D eigenvalue weighted by Gasteiger charge is -2.34. The summed E-state index contributed by atoms with van der Waals surface area (Å²) in [5.74, 6) is 0.0450. The van der Waals surface area contributed by atoms with Crippen LogP contribution in [0.5, 0.6) is 6.01 Å². The number of carbonyl (C=O) groups excluding carboxylic acids is 1. The van der Waals surface area contributed by atoms with Crippen molar-refractivity contribution in [3.63, 3.8) is 0 Å². The van der Waals surface area contributed by atoms with Crippen molar-refractivity contribution < 1.29 is 27.8 Å². The fourth-order valence-electron chi connectivity index (χ4n) is 6.32. The van der Waals surface area contributed by atoms with E-state index in [-0.39, 0.29) is 41.8 Å². The Morgan fingerprint density at radius 3 is 2.67 bits per heavy atom. The highest BCUT2D eigenvalue weighted by atomic mass is 35.5. The molecule has 1 unspecified atom stereocenters. The Morgan fingerprint density at radius 1 is 1.14 bits per heavy atom. The van der Waals surface area contributed by atoms with Gasteiger partial charge in [-0.2, -0.15) is 4.98 Å². The maximum atomic E-state index is 14.9. The van der Waals surface area contributed by atoms with Gasteiger partial charge >= 0.3 is 12.0 Å². The van der Waals surface area contributed by atoms with Gasteiger partial charge in [0.2, 0.25) is 0 Å². The summed E-state index contributed by atoms with van der Waals surface area (Å²) >= 11 is 5.82. The molecule has 2 aromatic heterocycles. The number of esters is 1. The van der Waals surface area contributed by atoms with Gasteiger partial charge in [-0.05, 0) is 61.4 Å². The Morgan fingerprint density at radius 2 is 1.95 bits per heavy atom. The molecule has 2 atom stereocenters. The van der Waals surface area contributed by atoms with Gasteiger partial charge in [0.15, 0.2) is 11.6 Å². The van der Waals surface area contributed by atoms with Gasteiger partial charge in [-0.25, -0.2) is 23.5 Å². The van der Waals surface area contributed by atoms with Gasteiger partial charge in [0.25, 0.3) is 0 Å². The SMILES string of the molecule is COC(=O)c1ccc2nc(C3CC34CCN(c3nc(OCc5ccc(Cl)cc5F)ncc3F)CC4)n(C[C@@H]3CCO3)c2c1. The van der Waals surface area contributed by atoms with Crippen LogP contribution in [0, 0.1) is 17.0 Å². The molecule has 12 heteroatoms. The van der Waals surface area contributed by atoms with Crippen LogP contribution in [0.1, 0.15) is 53.3 Å². The molecule has 4 heterocycles. The summed E-state index contributed by atoms with van der Waals surface area (Å²) in [5.41, 5.74) is 2.60. The molecule has 2 saturated heterocycles. The summed E-state index contributed by atoms with van der Waals surface area (Å²) in [7, 11) is 1.38. The predicted octanol–water partition coefficient (Wildman–Crippen LogP) is 5.69. The molecule has 2 aliphatic heterocycles. The molecule has 0 N–H and O–H groups in total. The molecule has 4 aromatic rings. The van der Waals surface area contributed by atoms with Crippen LogP contribution in [0.3, 0.4) is 0 Å². The van der Waals surface area contributed by atoms with Crippen molar-refractivity contribution in [1.82, 2.24) is 19.5 Å². The van der Waals surface area contributed by atoms with E-state index in [0.29, 0.717) is 35.8 Å². The number of rotatable bonds is 8. The van der Waals surface area contributed by atoms with Gasteiger partial charge < -0.3 is 23.7 Å². The lowest BCUT2D eigenvalue weighted by atomic mass is 9.90. The van der Waals surface area contributed by atoms with Gasteiger partial charge in [-0.15, -0.1) is 0 Å². The monoisotopic (exact) mass is 609 g/mol. The van der Waals surface area contributed by atoms with Gasteiger partial charge in [-0.1, -0.05) is 17.7 Å². The quantitative estimate of drug-likeness (QED) is 0.236.